The van der Waals surface area contributed by atoms with Crippen LogP contribution in [-0.2, 0) is 16.6 Å². The minimum absolute atomic E-state index is 0.00150. The van der Waals surface area contributed by atoms with E-state index in [0.717, 1.165) is 15.8 Å². The molecule has 0 amide bonds. The van der Waals surface area contributed by atoms with Crippen molar-refractivity contribution in [3.05, 3.63) is 71.8 Å². The highest BCUT2D eigenvalue weighted by Crippen LogP contribution is 2.42. The second-order valence-corrected chi connectivity index (χ2v) is 7.19. The van der Waals surface area contributed by atoms with E-state index in [1.165, 1.54) is 18.2 Å². The highest BCUT2D eigenvalue weighted by atomic mass is 32.2. The summed E-state index contributed by atoms with van der Waals surface area (Å²) in [7, 11) is -3.78. The van der Waals surface area contributed by atoms with Crippen LogP contribution >= 0.6 is 0 Å². The Morgan fingerprint density at radius 2 is 1.61 bits per heavy atom. The van der Waals surface area contributed by atoms with Gasteiger partial charge in [0.25, 0.3) is 10.0 Å². The van der Waals surface area contributed by atoms with Gasteiger partial charge in [0.2, 0.25) is 0 Å². The second-order valence-electron chi connectivity index (χ2n) is 5.36. The van der Waals surface area contributed by atoms with E-state index in [4.69, 9.17) is 0 Å². The molecule has 1 aliphatic rings. The van der Waals surface area contributed by atoms with Crippen molar-refractivity contribution in [2.45, 2.75) is 11.4 Å². The number of sulfonamides is 1. The highest BCUT2D eigenvalue weighted by molar-refractivity contribution is 7.93. The first-order valence-corrected chi connectivity index (χ1v) is 8.41. The van der Waals surface area contributed by atoms with Crippen LogP contribution in [0.3, 0.4) is 0 Å². The van der Waals surface area contributed by atoms with Crippen molar-refractivity contribution in [2.75, 3.05) is 4.31 Å². The van der Waals surface area contributed by atoms with E-state index in [1.54, 1.807) is 18.2 Å². The molecule has 0 radical (unpaired) electrons. The molecule has 3 nitrogen and oxygen atoms in total. The van der Waals surface area contributed by atoms with Gasteiger partial charge in [-0.3, -0.25) is 4.31 Å². The van der Waals surface area contributed by atoms with E-state index in [-0.39, 0.29) is 17.0 Å². The summed E-state index contributed by atoms with van der Waals surface area (Å²) in [6.45, 7) is -0.250. The lowest BCUT2D eigenvalue weighted by Crippen LogP contribution is -2.27. The lowest BCUT2D eigenvalue weighted by Gasteiger charge is -2.19. The summed E-state index contributed by atoms with van der Waals surface area (Å²) in [6.07, 6.45) is 0. The van der Waals surface area contributed by atoms with Crippen LogP contribution in [0, 0.1) is 11.6 Å². The first-order valence-electron chi connectivity index (χ1n) is 6.97. The lowest BCUT2D eigenvalue weighted by atomic mass is 10.1. The van der Waals surface area contributed by atoms with Gasteiger partial charge in [0.15, 0.2) is 11.6 Å². The molecule has 3 aromatic carbocycles. The Balaban J connectivity index is 1.91. The highest BCUT2D eigenvalue weighted by Gasteiger charge is 2.35. The van der Waals surface area contributed by atoms with Crippen LogP contribution in [0.25, 0.3) is 10.8 Å². The number of nitrogens with zero attached hydrogens (tertiary/aromatic N) is 1. The summed E-state index contributed by atoms with van der Waals surface area (Å²) < 4.78 is 54.0. The molecule has 0 bridgehead atoms. The van der Waals surface area contributed by atoms with Gasteiger partial charge in [0, 0.05) is 10.9 Å². The largest absolute Gasteiger partial charge is 0.265 e. The third kappa shape index (κ3) is 1.95. The Morgan fingerprint density at radius 1 is 0.913 bits per heavy atom. The maximum absolute atomic E-state index is 13.9. The average Bonchev–Trinajstić information content (AvgIpc) is 2.75. The Bertz CT molecular complexity index is 1040. The van der Waals surface area contributed by atoms with Crippen LogP contribution in [0.4, 0.5) is 14.5 Å². The van der Waals surface area contributed by atoms with Crippen molar-refractivity contribution in [3.63, 3.8) is 0 Å². The molecule has 116 valence electrons. The fraction of sp³-hybridized carbons (Fsp3) is 0.0588. The van der Waals surface area contributed by atoms with Crippen LogP contribution in [-0.4, -0.2) is 8.42 Å². The molecule has 1 aliphatic heterocycles. The zero-order valence-corrected chi connectivity index (χ0v) is 12.6. The molecule has 0 spiro atoms. The van der Waals surface area contributed by atoms with Crippen molar-refractivity contribution in [1.29, 1.82) is 0 Å². The minimum Gasteiger partial charge on any atom is -0.261 e. The lowest BCUT2D eigenvalue weighted by molar-refractivity contribution is 0.499. The van der Waals surface area contributed by atoms with Crippen LogP contribution in [0.2, 0.25) is 0 Å². The molecular weight excluding hydrogens is 320 g/mol. The van der Waals surface area contributed by atoms with Crippen molar-refractivity contribution >= 4 is 26.5 Å². The molecule has 0 saturated heterocycles. The first-order chi connectivity index (χ1) is 11.0. The summed E-state index contributed by atoms with van der Waals surface area (Å²) in [4.78, 5) is 0.197. The molecule has 0 saturated carbocycles. The van der Waals surface area contributed by atoms with E-state index in [9.17, 15) is 17.2 Å². The molecule has 0 atom stereocenters. The van der Waals surface area contributed by atoms with Crippen LogP contribution in [0.5, 0.6) is 0 Å². The van der Waals surface area contributed by atoms with Crippen LogP contribution < -0.4 is 4.31 Å². The van der Waals surface area contributed by atoms with Gasteiger partial charge in [-0.2, -0.15) is 0 Å². The standard InChI is InChI=1S/C17H11F2NO2S/c18-13-7-1-6-12(17(13)19)10-20-14-8-2-4-11-5-3-9-15(16(11)14)23(20,21)22/h1-9H,10H2. The molecule has 1 heterocycles. The molecular formula is C17H11F2NO2S. The maximum atomic E-state index is 13.9. The molecule has 0 fully saturated rings. The van der Waals surface area contributed by atoms with Gasteiger partial charge in [0.1, 0.15) is 0 Å². The second kappa shape index (κ2) is 4.76. The van der Waals surface area contributed by atoms with Crippen molar-refractivity contribution < 1.29 is 17.2 Å². The zero-order valence-electron chi connectivity index (χ0n) is 11.8. The molecule has 4 rings (SSSR count). The van der Waals surface area contributed by atoms with Crippen LogP contribution in [0.15, 0.2) is 59.5 Å². The fourth-order valence-corrected chi connectivity index (χ4v) is 4.64. The summed E-state index contributed by atoms with van der Waals surface area (Å²) >= 11 is 0. The van der Waals surface area contributed by atoms with E-state index >= 15 is 0 Å². The van der Waals surface area contributed by atoms with Gasteiger partial charge in [-0.1, -0.05) is 36.4 Å². The monoisotopic (exact) mass is 331 g/mol. The van der Waals surface area contributed by atoms with Crippen LogP contribution in [0.1, 0.15) is 5.56 Å². The number of benzene rings is 3. The molecule has 23 heavy (non-hydrogen) atoms. The molecule has 3 aromatic rings. The van der Waals surface area contributed by atoms with E-state index in [1.807, 2.05) is 12.1 Å². The van der Waals surface area contributed by atoms with Crippen molar-refractivity contribution in [1.82, 2.24) is 0 Å². The third-order valence-corrected chi connectivity index (χ3v) is 5.83. The smallest absolute Gasteiger partial charge is 0.261 e. The first kappa shape index (κ1) is 14.1. The van der Waals surface area contributed by atoms with Gasteiger partial charge in [0.05, 0.1) is 17.1 Å². The predicted octanol–water partition coefficient (Wildman–Crippen LogP) is 3.83. The van der Waals surface area contributed by atoms with E-state index in [2.05, 4.69) is 0 Å². The summed E-state index contributed by atoms with van der Waals surface area (Å²) in [5.74, 6) is -2.01. The quantitative estimate of drug-likeness (QED) is 0.716. The fourth-order valence-electron chi connectivity index (χ4n) is 2.95. The topological polar surface area (TPSA) is 37.4 Å². The Kier molecular flexibility index (Phi) is 2.93. The number of hydrogen-bond donors (Lipinski definition) is 0. The van der Waals surface area contributed by atoms with Gasteiger partial charge >= 0.3 is 0 Å². The summed E-state index contributed by atoms with van der Waals surface area (Å²) in [6, 6.07) is 14.0. The summed E-state index contributed by atoms with van der Waals surface area (Å²) in [5, 5.41) is 1.41. The Hall–Kier alpha value is -2.47. The zero-order chi connectivity index (χ0) is 16.2. The molecule has 0 aromatic heterocycles. The van der Waals surface area contributed by atoms with Gasteiger partial charge in [-0.25, -0.2) is 17.2 Å². The Morgan fingerprint density at radius 3 is 2.39 bits per heavy atom. The number of rotatable bonds is 2. The van der Waals surface area contributed by atoms with Gasteiger partial charge < -0.3 is 0 Å². The third-order valence-electron chi connectivity index (χ3n) is 4.03. The van der Waals surface area contributed by atoms with Gasteiger partial charge in [-0.15, -0.1) is 0 Å². The molecule has 6 heteroatoms. The maximum Gasteiger partial charge on any atom is 0.265 e. The number of anilines is 1. The summed E-state index contributed by atoms with van der Waals surface area (Å²) in [5.41, 5.74) is 0.486. The number of hydrogen-bond acceptors (Lipinski definition) is 2. The van der Waals surface area contributed by atoms with Crippen molar-refractivity contribution in [3.8, 4) is 0 Å². The molecule has 0 aliphatic carbocycles. The normalized spacial score (nSPS) is 15.3. The van der Waals surface area contributed by atoms with E-state index in [0.29, 0.717) is 11.1 Å². The molecule has 0 unspecified atom stereocenters. The minimum atomic E-state index is -3.78. The SMILES string of the molecule is O=S1(=O)c2cccc3cccc(c23)N1Cc1cccc(F)c1F. The average molecular weight is 331 g/mol. The Labute approximate surface area is 131 Å². The van der Waals surface area contributed by atoms with Crippen molar-refractivity contribution in [2.24, 2.45) is 0 Å². The molecule has 0 N–H and O–H groups in total. The van der Waals surface area contributed by atoms with Gasteiger partial charge in [-0.05, 0) is 23.6 Å². The predicted molar refractivity (Wildman–Crippen MR) is 83.7 cm³/mol. The number of halogens is 2. The van der Waals surface area contributed by atoms with E-state index < -0.39 is 21.7 Å².